The van der Waals surface area contributed by atoms with Crippen LogP contribution in [-0.2, 0) is 18.3 Å². The molecule has 106 valence electrons. The van der Waals surface area contributed by atoms with Crippen molar-refractivity contribution < 1.29 is 4.79 Å². The summed E-state index contributed by atoms with van der Waals surface area (Å²) in [6, 6.07) is 0.170. The summed E-state index contributed by atoms with van der Waals surface area (Å²) in [5, 5.41) is 7.42. The lowest BCUT2D eigenvalue weighted by Gasteiger charge is -2.15. The van der Waals surface area contributed by atoms with Crippen molar-refractivity contribution in [2.75, 3.05) is 6.54 Å². The molecule has 1 fully saturated rings. The van der Waals surface area contributed by atoms with Gasteiger partial charge in [0.25, 0.3) is 0 Å². The van der Waals surface area contributed by atoms with Crippen LogP contribution >= 0.6 is 0 Å². The maximum atomic E-state index is 12.0. The van der Waals surface area contributed by atoms with Crippen molar-refractivity contribution in [3.05, 3.63) is 17.0 Å². The molecule has 3 N–H and O–H groups in total. The molecule has 1 heterocycles. The molecule has 5 nitrogen and oxygen atoms in total. The van der Waals surface area contributed by atoms with Crippen LogP contribution < -0.4 is 11.1 Å². The van der Waals surface area contributed by atoms with Crippen LogP contribution in [0.25, 0.3) is 0 Å². The van der Waals surface area contributed by atoms with Gasteiger partial charge in [-0.05, 0) is 44.6 Å². The second-order valence-electron chi connectivity index (χ2n) is 5.52. The lowest BCUT2D eigenvalue weighted by molar-refractivity contribution is -0.121. The maximum absolute atomic E-state index is 12.0. The summed E-state index contributed by atoms with van der Waals surface area (Å²) in [6.07, 6.45) is 3.65. The molecule has 1 atom stereocenters. The predicted octanol–water partition coefficient (Wildman–Crippen LogP) is 0.823. The second-order valence-corrected chi connectivity index (χ2v) is 5.52. The zero-order valence-electron chi connectivity index (χ0n) is 12.1. The molecule has 0 aromatic carbocycles. The SMILES string of the molecule is Cc1nn(C)c(C)c1CCC(=O)NC(CN)C1CC1. The Morgan fingerprint density at radius 3 is 2.68 bits per heavy atom. The number of carbonyl (C=O) groups excluding carboxylic acids is 1. The minimum Gasteiger partial charge on any atom is -0.352 e. The summed E-state index contributed by atoms with van der Waals surface area (Å²) >= 11 is 0. The molecular weight excluding hydrogens is 240 g/mol. The van der Waals surface area contributed by atoms with E-state index in [4.69, 9.17) is 5.73 Å². The molecule has 1 aromatic heterocycles. The molecule has 0 spiro atoms. The Labute approximate surface area is 114 Å². The number of nitrogens with two attached hydrogens (primary N) is 1. The topological polar surface area (TPSA) is 72.9 Å². The lowest BCUT2D eigenvalue weighted by Crippen LogP contribution is -2.41. The van der Waals surface area contributed by atoms with Crippen LogP contribution in [0.2, 0.25) is 0 Å². The first-order valence-electron chi connectivity index (χ1n) is 7.01. The number of nitrogens with one attached hydrogen (secondary N) is 1. The number of aryl methyl sites for hydroxylation is 2. The Balaban J connectivity index is 1.85. The average molecular weight is 264 g/mol. The van der Waals surface area contributed by atoms with E-state index < -0.39 is 0 Å². The van der Waals surface area contributed by atoms with E-state index in [2.05, 4.69) is 10.4 Å². The van der Waals surface area contributed by atoms with Crippen molar-refractivity contribution in [1.29, 1.82) is 0 Å². The molecule has 0 bridgehead atoms. The Bertz CT molecular complexity index is 462. The average Bonchev–Trinajstić information content (AvgIpc) is 3.16. The molecule has 1 amide bonds. The van der Waals surface area contributed by atoms with Crippen LogP contribution in [0, 0.1) is 19.8 Å². The number of nitrogens with zero attached hydrogens (tertiary/aromatic N) is 2. The van der Waals surface area contributed by atoms with E-state index in [0.717, 1.165) is 17.8 Å². The third-order valence-electron chi connectivity index (χ3n) is 4.05. The molecule has 0 radical (unpaired) electrons. The molecule has 1 aromatic rings. The molecule has 1 saturated carbocycles. The van der Waals surface area contributed by atoms with E-state index in [0.29, 0.717) is 18.9 Å². The number of rotatable bonds is 6. The van der Waals surface area contributed by atoms with Gasteiger partial charge in [-0.3, -0.25) is 9.48 Å². The van der Waals surface area contributed by atoms with Crippen LogP contribution in [0.1, 0.15) is 36.2 Å². The normalized spacial score (nSPS) is 16.4. The van der Waals surface area contributed by atoms with E-state index in [1.54, 1.807) is 0 Å². The van der Waals surface area contributed by atoms with Crippen molar-refractivity contribution in [1.82, 2.24) is 15.1 Å². The van der Waals surface area contributed by atoms with Crippen LogP contribution in [-0.4, -0.2) is 28.3 Å². The van der Waals surface area contributed by atoms with Crippen molar-refractivity contribution in [3.8, 4) is 0 Å². The van der Waals surface area contributed by atoms with Crippen LogP contribution in [0.5, 0.6) is 0 Å². The molecule has 2 rings (SSSR count). The van der Waals surface area contributed by atoms with Crippen molar-refractivity contribution in [2.45, 2.75) is 45.6 Å². The van der Waals surface area contributed by atoms with Gasteiger partial charge < -0.3 is 11.1 Å². The zero-order valence-corrected chi connectivity index (χ0v) is 12.1. The molecule has 1 unspecified atom stereocenters. The molecule has 0 aliphatic heterocycles. The number of carbonyl (C=O) groups is 1. The zero-order chi connectivity index (χ0) is 14.0. The van der Waals surface area contributed by atoms with Gasteiger partial charge in [-0.25, -0.2) is 0 Å². The molecule has 1 aliphatic rings. The Morgan fingerprint density at radius 2 is 2.21 bits per heavy atom. The Hall–Kier alpha value is -1.36. The van der Waals surface area contributed by atoms with Gasteiger partial charge in [-0.15, -0.1) is 0 Å². The van der Waals surface area contributed by atoms with E-state index in [1.165, 1.54) is 18.4 Å². The number of hydrogen-bond donors (Lipinski definition) is 2. The molecule has 5 heteroatoms. The standard InChI is InChI=1S/C14H24N4O/c1-9-12(10(2)18(3)17-9)6-7-14(19)16-13(8-15)11-4-5-11/h11,13H,4-8,15H2,1-3H3,(H,16,19). The molecule has 1 aliphatic carbocycles. The molecule has 0 saturated heterocycles. The van der Waals surface area contributed by atoms with Crippen molar-refractivity contribution in [3.63, 3.8) is 0 Å². The van der Waals surface area contributed by atoms with E-state index in [-0.39, 0.29) is 11.9 Å². The van der Waals surface area contributed by atoms with Gasteiger partial charge in [0.15, 0.2) is 0 Å². The van der Waals surface area contributed by atoms with Gasteiger partial charge in [0.1, 0.15) is 0 Å². The first-order valence-corrected chi connectivity index (χ1v) is 7.01. The highest BCUT2D eigenvalue weighted by Gasteiger charge is 2.31. The number of amides is 1. The lowest BCUT2D eigenvalue weighted by atomic mass is 10.1. The summed E-state index contributed by atoms with van der Waals surface area (Å²) in [5.74, 6) is 0.709. The Morgan fingerprint density at radius 1 is 1.53 bits per heavy atom. The highest BCUT2D eigenvalue weighted by Crippen LogP contribution is 2.32. The van der Waals surface area contributed by atoms with Gasteiger partial charge in [0, 0.05) is 31.7 Å². The Kier molecular flexibility index (Phi) is 4.24. The summed E-state index contributed by atoms with van der Waals surface area (Å²) in [6.45, 7) is 4.58. The summed E-state index contributed by atoms with van der Waals surface area (Å²) < 4.78 is 1.87. The summed E-state index contributed by atoms with van der Waals surface area (Å²) in [5.41, 5.74) is 9.04. The van der Waals surface area contributed by atoms with Gasteiger partial charge in [-0.2, -0.15) is 5.10 Å². The quantitative estimate of drug-likeness (QED) is 0.799. The minimum atomic E-state index is 0.102. The third kappa shape index (κ3) is 3.35. The fourth-order valence-corrected chi connectivity index (χ4v) is 2.56. The predicted molar refractivity (Wildman–Crippen MR) is 74.7 cm³/mol. The molecular formula is C14H24N4O. The first-order chi connectivity index (χ1) is 9.02. The first kappa shape index (κ1) is 14.1. The second kappa shape index (κ2) is 5.74. The van der Waals surface area contributed by atoms with E-state index >= 15 is 0 Å². The summed E-state index contributed by atoms with van der Waals surface area (Å²) in [7, 11) is 1.93. The fourth-order valence-electron chi connectivity index (χ4n) is 2.56. The van der Waals surface area contributed by atoms with E-state index in [9.17, 15) is 4.79 Å². The van der Waals surface area contributed by atoms with Gasteiger partial charge in [0.05, 0.1) is 5.69 Å². The monoisotopic (exact) mass is 264 g/mol. The summed E-state index contributed by atoms with van der Waals surface area (Å²) in [4.78, 5) is 12.0. The van der Waals surface area contributed by atoms with Crippen LogP contribution in [0.4, 0.5) is 0 Å². The van der Waals surface area contributed by atoms with Gasteiger partial charge in [0.2, 0.25) is 5.91 Å². The highest BCUT2D eigenvalue weighted by molar-refractivity contribution is 5.76. The maximum Gasteiger partial charge on any atom is 0.220 e. The number of hydrogen-bond acceptors (Lipinski definition) is 3. The highest BCUT2D eigenvalue weighted by atomic mass is 16.1. The van der Waals surface area contributed by atoms with Crippen LogP contribution in [0.15, 0.2) is 0 Å². The fraction of sp³-hybridized carbons (Fsp3) is 0.714. The third-order valence-corrected chi connectivity index (χ3v) is 4.05. The van der Waals surface area contributed by atoms with Gasteiger partial charge >= 0.3 is 0 Å². The smallest absolute Gasteiger partial charge is 0.220 e. The van der Waals surface area contributed by atoms with Crippen molar-refractivity contribution in [2.24, 2.45) is 18.7 Å². The van der Waals surface area contributed by atoms with Crippen LogP contribution in [0.3, 0.4) is 0 Å². The largest absolute Gasteiger partial charge is 0.352 e. The van der Waals surface area contributed by atoms with Crippen molar-refractivity contribution >= 4 is 5.91 Å². The minimum absolute atomic E-state index is 0.102. The molecule has 19 heavy (non-hydrogen) atoms. The van der Waals surface area contributed by atoms with Gasteiger partial charge in [-0.1, -0.05) is 0 Å². The number of aromatic nitrogens is 2. The van der Waals surface area contributed by atoms with E-state index in [1.807, 2.05) is 25.6 Å².